The van der Waals surface area contributed by atoms with E-state index in [9.17, 15) is 14.7 Å². The molecule has 0 fully saturated rings. The van der Waals surface area contributed by atoms with E-state index in [0.29, 0.717) is 18.5 Å². The van der Waals surface area contributed by atoms with Crippen LogP contribution in [0.1, 0.15) is 32.3 Å². The molecule has 0 saturated heterocycles. The first-order chi connectivity index (χ1) is 9.45. The monoisotopic (exact) mass is 279 g/mol. The molecule has 0 atom stereocenters. The Morgan fingerprint density at radius 2 is 2.00 bits per heavy atom. The number of aromatic nitrogens is 1. The molecule has 0 aromatic carbocycles. The van der Waals surface area contributed by atoms with Crippen molar-refractivity contribution < 1.29 is 14.7 Å². The molecule has 0 aliphatic rings. The van der Waals surface area contributed by atoms with E-state index < -0.39 is 17.4 Å². The van der Waals surface area contributed by atoms with E-state index in [0.717, 1.165) is 5.56 Å². The lowest BCUT2D eigenvalue weighted by Crippen LogP contribution is -2.43. The number of carboxylic acid groups (broad SMARTS) is 1. The number of pyridine rings is 1. The van der Waals surface area contributed by atoms with Gasteiger partial charge in [0.05, 0.1) is 17.3 Å². The molecule has 0 aliphatic carbocycles. The van der Waals surface area contributed by atoms with Crippen molar-refractivity contribution in [2.75, 3.05) is 11.9 Å². The molecule has 0 bridgehead atoms. The lowest BCUT2D eigenvalue weighted by atomic mass is 9.82. The molecule has 0 aliphatic heterocycles. The predicted molar refractivity (Wildman–Crippen MR) is 76.6 cm³/mol. The third-order valence-corrected chi connectivity index (χ3v) is 3.68. The zero-order valence-corrected chi connectivity index (χ0v) is 12.1. The molecule has 0 spiro atoms. The standard InChI is InChI=1S/C14H21N3O3/c1-4-14(5-2,12(18)19)9-16-13(20)17-11-8-15-7-6-10(11)3/h6-8H,4-5,9H2,1-3H3,(H,18,19)(H2,16,17,20). The number of amides is 2. The number of urea groups is 1. The number of carbonyl (C=O) groups is 2. The smallest absolute Gasteiger partial charge is 0.319 e. The summed E-state index contributed by atoms with van der Waals surface area (Å²) in [5.41, 5.74) is 0.589. The summed E-state index contributed by atoms with van der Waals surface area (Å²) >= 11 is 0. The molecule has 1 heterocycles. The number of aliphatic carboxylic acids is 1. The minimum Gasteiger partial charge on any atom is -0.481 e. The summed E-state index contributed by atoms with van der Waals surface area (Å²) in [6.07, 6.45) is 4.12. The molecule has 110 valence electrons. The minimum atomic E-state index is -0.915. The van der Waals surface area contributed by atoms with Crippen LogP contribution in [0.25, 0.3) is 0 Å². The highest BCUT2D eigenvalue weighted by Gasteiger charge is 2.35. The summed E-state index contributed by atoms with van der Waals surface area (Å²) in [7, 11) is 0. The van der Waals surface area contributed by atoms with Gasteiger partial charge in [0, 0.05) is 12.7 Å². The fraction of sp³-hybridized carbons (Fsp3) is 0.500. The number of rotatable bonds is 6. The first-order valence-corrected chi connectivity index (χ1v) is 6.64. The molecule has 0 saturated carbocycles. The quantitative estimate of drug-likeness (QED) is 0.745. The molecule has 6 nitrogen and oxygen atoms in total. The highest BCUT2D eigenvalue weighted by molar-refractivity contribution is 5.90. The van der Waals surface area contributed by atoms with E-state index >= 15 is 0 Å². The van der Waals surface area contributed by atoms with Crippen LogP contribution in [0.5, 0.6) is 0 Å². The van der Waals surface area contributed by atoms with Gasteiger partial charge < -0.3 is 15.7 Å². The summed E-state index contributed by atoms with van der Waals surface area (Å²) in [6.45, 7) is 5.57. The van der Waals surface area contributed by atoms with Gasteiger partial charge in [0.2, 0.25) is 0 Å². The van der Waals surface area contributed by atoms with Crippen molar-refractivity contribution in [3.63, 3.8) is 0 Å². The average molecular weight is 279 g/mol. The molecule has 0 unspecified atom stereocenters. The molecular weight excluding hydrogens is 258 g/mol. The fourth-order valence-electron chi connectivity index (χ4n) is 1.89. The van der Waals surface area contributed by atoms with Crippen molar-refractivity contribution in [3.05, 3.63) is 24.0 Å². The minimum absolute atomic E-state index is 0.0977. The van der Waals surface area contributed by atoms with E-state index in [1.165, 1.54) is 0 Å². The maximum atomic E-state index is 11.8. The normalized spacial score (nSPS) is 10.9. The summed E-state index contributed by atoms with van der Waals surface area (Å²) in [5.74, 6) is -0.889. The van der Waals surface area contributed by atoms with Gasteiger partial charge in [-0.05, 0) is 31.4 Å². The second-order valence-corrected chi connectivity index (χ2v) is 4.79. The van der Waals surface area contributed by atoms with Gasteiger partial charge in [0.1, 0.15) is 0 Å². The Morgan fingerprint density at radius 1 is 1.35 bits per heavy atom. The van der Waals surface area contributed by atoms with Crippen molar-refractivity contribution in [1.82, 2.24) is 10.3 Å². The Kier molecular flexibility index (Phi) is 5.49. The van der Waals surface area contributed by atoms with Crippen LogP contribution in [0.2, 0.25) is 0 Å². The fourth-order valence-corrected chi connectivity index (χ4v) is 1.89. The summed E-state index contributed by atoms with van der Waals surface area (Å²) in [6, 6.07) is 1.36. The van der Waals surface area contributed by atoms with Crippen molar-refractivity contribution >= 4 is 17.7 Å². The second-order valence-electron chi connectivity index (χ2n) is 4.79. The zero-order chi connectivity index (χ0) is 15.2. The van der Waals surface area contributed by atoms with E-state index in [-0.39, 0.29) is 6.54 Å². The topological polar surface area (TPSA) is 91.3 Å². The van der Waals surface area contributed by atoms with E-state index in [2.05, 4.69) is 15.6 Å². The Labute approximate surface area is 118 Å². The third kappa shape index (κ3) is 3.69. The van der Waals surface area contributed by atoms with Gasteiger partial charge in [0.15, 0.2) is 0 Å². The SMILES string of the molecule is CCC(CC)(CNC(=O)Nc1cnccc1C)C(=O)O. The number of hydrogen-bond donors (Lipinski definition) is 3. The van der Waals surface area contributed by atoms with Gasteiger partial charge >= 0.3 is 12.0 Å². The highest BCUT2D eigenvalue weighted by atomic mass is 16.4. The largest absolute Gasteiger partial charge is 0.481 e. The molecule has 1 aromatic rings. The molecule has 20 heavy (non-hydrogen) atoms. The van der Waals surface area contributed by atoms with Gasteiger partial charge in [-0.1, -0.05) is 13.8 Å². The summed E-state index contributed by atoms with van der Waals surface area (Å²) in [5, 5.41) is 14.6. The summed E-state index contributed by atoms with van der Waals surface area (Å²) in [4.78, 5) is 27.1. The van der Waals surface area contributed by atoms with Crippen molar-refractivity contribution in [2.24, 2.45) is 5.41 Å². The number of anilines is 1. The molecule has 6 heteroatoms. The van der Waals surface area contributed by atoms with Crippen LogP contribution in [0.15, 0.2) is 18.5 Å². The van der Waals surface area contributed by atoms with Gasteiger partial charge in [-0.2, -0.15) is 0 Å². The zero-order valence-electron chi connectivity index (χ0n) is 12.1. The Balaban J connectivity index is 2.63. The van der Waals surface area contributed by atoms with E-state index in [1.807, 2.05) is 20.8 Å². The number of hydrogen-bond acceptors (Lipinski definition) is 3. The Hall–Kier alpha value is -2.11. The van der Waals surface area contributed by atoms with Crippen LogP contribution in [0.4, 0.5) is 10.5 Å². The number of aryl methyl sites for hydroxylation is 1. The number of carbonyl (C=O) groups excluding carboxylic acids is 1. The van der Waals surface area contributed by atoms with Gasteiger partial charge in [-0.15, -0.1) is 0 Å². The molecule has 1 rings (SSSR count). The van der Waals surface area contributed by atoms with Crippen LogP contribution < -0.4 is 10.6 Å². The van der Waals surface area contributed by atoms with Crippen LogP contribution in [-0.4, -0.2) is 28.6 Å². The van der Waals surface area contributed by atoms with Crippen molar-refractivity contribution in [2.45, 2.75) is 33.6 Å². The Morgan fingerprint density at radius 3 is 2.50 bits per heavy atom. The lowest BCUT2D eigenvalue weighted by Gasteiger charge is -2.26. The molecule has 3 N–H and O–H groups in total. The van der Waals surface area contributed by atoms with Crippen molar-refractivity contribution in [1.29, 1.82) is 0 Å². The van der Waals surface area contributed by atoms with Gasteiger partial charge in [-0.3, -0.25) is 9.78 Å². The van der Waals surface area contributed by atoms with Crippen LogP contribution in [-0.2, 0) is 4.79 Å². The molecule has 0 radical (unpaired) electrons. The maximum Gasteiger partial charge on any atom is 0.319 e. The second kappa shape index (κ2) is 6.88. The van der Waals surface area contributed by atoms with Crippen LogP contribution in [0.3, 0.4) is 0 Å². The lowest BCUT2D eigenvalue weighted by molar-refractivity contribution is -0.149. The Bertz CT molecular complexity index is 484. The first-order valence-electron chi connectivity index (χ1n) is 6.64. The predicted octanol–water partition coefficient (Wildman–Crippen LogP) is 2.40. The van der Waals surface area contributed by atoms with Crippen LogP contribution in [0, 0.1) is 12.3 Å². The summed E-state index contributed by atoms with van der Waals surface area (Å²) < 4.78 is 0. The first kappa shape index (κ1) is 15.9. The molecule has 1 aromatic heterocycles. The number of carboxylic acids is 1. The third-order valence-electron chi connectivity index (χ3n) is 3.68. The van der Waals surface area contributed by atoms with Gasteiger partial charge in [0.25, 0.3) is 0 Å². The van der Waals surface area contributed by atoms with Crippen LogP contribution >= 0.6 is 0 Å². The van der Waals surface area contributed by atoms with E-state index in [4.69, 9.17) is 0 Å². The highest BCUT2D eigenvalue weighted by Crippen LogP contribution is 2.25. The van der Waals surface area contributed by atoms with E-state index in [1.54, 1.807) is 18.5 Å². The van der Waals surface area contributed by atoms with Gasteiger partial charge in [-0.25, -0.2) is 4.79 Å². The number of nitrogens with zero attached hydrogens (tertiary/aromatic N) is 1. The maximum absolute atomic E-state index is 11.8. The molecule has 2 amide bonds. The van der Waals surface area contributed by atoms with Crippen molar-refractivity contribution in [3.8, 4) is 0 Å². The average Bonchev–Trinajstić information content (AvgIpc) is 2.43. The molecular formula is C14H21N3O3. The number of nitrogens with one attached hydrogen (secondary N) is 2.